The van der Waals surface area contributed by atoms with Crippen LogP contribution in [0.3, 0.4) is 0 Å². The van der Waals surface area contributed by atoms with Gasteiger partial charge in [-0.25, -0.2) is 0 Å². The fourth-order valence-electron chi connectivity index (χ4n) is 1.81. The van der Waals surface area contributed by atoms with Crippen molar-refractivity contribution < 1.29 is 9.53 Å². The second kappa shape index (κ2) is 4.25. The second-order valence-corrected chi connectivity index (χ2v) is 4.56. The number of hydrogen-bond donors (Lipinski definition) is 1. The van der Waals surface area contributed by atoms with E-state index >= 15 is 0 Å². The van der Waals surface area contributed by atoms with Crippen LogP contribution in [0.25, 0.3) is 0 Å². The summed E-state index contributed by atoms with van der Waals surface area (Å²) in [5.41, 5.74) is 7.20. The summed E-state index contributed by atoms with van der Waals surface area (Å²) in [5, 5.41) is 4.35. The average Bonchev–Trinajstić information content (AvgIpc) is 2.56. The van der Waals surface area contributed by atoms with E-state index in [4.69, 9.17) is 5.73 Å². The molecule has 0 aromatic carbocycles. The van der Waals surface area contributed by atoms with E-state index in [0.717, 1.165) is 11.3 Å². The summed E-state index contributed by atoms with van der Waals surface area (Å²) in [6, 6.07) is -0.717. The number of ether oxygens (including phenoxy) is 1. The molecule has 0 saturated carbocycles. The molecule has 0 aliphatic carbocycles. The molecular weight excluding hydrogens is 206 g/mol. The molecule has 0 bridgehead atoms. The van der Waals surface area contributed by atoms with Crippen molar-refractivity contribution >= 4 is 5.97 Å². The number of methoxy groups -OCH3 is 1. The third-order valence-electron chi connectivity index (χ3n) is 2.85. The highest BCUT2D eigenvalue weighted by Gasteiger charge is 2.37. The van der Waals surface area contributed by atoms with Crippen molar-refractivity contribution in [2.45, 2.75) is 32.2 Å². The average molecular weight is 225 g/mol. The number of hydrogen-bond acceptors (Lipinski definition) is 4. The van der Waals surface area contributed by atoms with Gasteiger partial charge in [-0.2, -0.15) is 5.10 Å². The number of rotatable bonds is 3. The SMILES string of the molecule is COC(=O)C(N)C(C)(C)c1nn(C)cc1C. The van der Waals surface area contributed by atoms with E-state index in [1.165, 1.54) is 7.11 Å². The van der Waals surface area contributed by atoms with Crippen molar-refractivity contribution in [1.29, 1.82) is 0 Å². The van der Waals surface area contributed by atoms with Crippen molar-refractivity contribution in [3.63, 3.8) is 0 Å². The standard InChI is InChI=1S/C11H19N3O2/c1-7-6-14(4)13-9(7)11(2,3)8(12)10(15)16-5/h6,8H,12H2,1-5H3. The maximum absolute atomic E-state index is 11.5. The number of carbonyl (C=O) groups is 1. The van der Waals surface area contributed by atoms with E-state index in [-0.39, 0.29) is 0 Å². The quantitative estimate of drug-likeness (QED) is 0.761. The molecule has 2 N–H and O–H groups in total. The molecule has 90 valence electrons. The largest absolute Gasteiger partial charge is 0.468 e. The fraction of sp³-hybridized carbons (Fsp3) is 0.636. The van der Waals surface area contributed by atoms with Crippen LogP contribution in [0.5, 0.6) is 0 Å². The zero-order valence-corrected chi connectivity index (χ0v) is 10.4. The molecule has 5 heteroatoms. The minimum Gasteiger partial charge on any atom is -0.468 e. The third-order valence-corrected chi connectivity index (χ3v) is 2.85. The smallest absolute Gasteiger partial charge is 0.323 e. The van der Waals surface area contributed by atoms with E-state index in [1.807, 2.05) is 34.0 Å². The molecule has 0 spiro atoms. The zero-order valence-electron chi connectivity index (χ0n) is 10.4. The molecule has 0 amide bonds. The summed E-state index contributed by atoms with van der Waals surface area (Å²) >= 11 is 0. The summed E-state index contributed by atoms with van der Waals surface area (Å²) in [7, 11) is 3.18. The van der Waals surface area contributed by atoms with E-state index in [1.54, 1.807) is 4.68 Å². The normalized spacial score (nSPS) is 13.6. The molecule has 1 aromatic rings. The first kappa shape index (κ1) is 12.7. The van der Waals surface area contributed by atoms with Gasteiger partial charge in [0.1, 0.15) is 6.04 Å². The predicted octanol–water partition coefficient (Wildman–Crippen LogP) is 0.506. The van der Waals surface area contributed by atoms with Crippen LogP contribution in [-0.4, -0.2) is 28.9 Å². The Labute approximate surface area is 95.6 Å². The molecule has 1 unspecified atom stereocenters. The van der Waals surface area contributed by atoms with Gasteiger partial charge in [-0.1, -0.05) is 13.8 Å². The summed E-state index contributed by atoms with van der Waals surface area (Å²) in [5.74, 6) is -0.421. The van der Waals surface area contributed by atoms with Crippen LogP contribution in [0, 0.1) is 6.92 Å². The molecule has 0 saturated heterocycles. The first-order chi connectivity index (χ1) is 7.30. The highest BCUT2D eigenvalue weighted by molar-refractivity contribution is 5.77. The number of aryl methyl sites for hydroxylation is 2. The molecule has 0 aliphatic heterocycles. The minimum atomic E-state index is -0.717. The van der Waals surface area contributed by atoms with E-state index in [9.17, 15) is 4.79 Å². The number of carbonyl (C=O) groups excluding carboxylic acids is 1. The topological polar surface area (TPSA) is 70.1 Å². The first-order valence-corrected chi connectivity index (χ1v) is 5.14. The van der Waals surface area contributed by atoms with Gasteiger partial charge in [0.05, 0.1) is 12.8 Å². The van der Waals surface area contributed by atoms with Crippen molar-refractivity contribution in [3.05, 3.63) is 17.5 Å². The molecule has 0 radical (unpaired) electrons. The second-order valence-electron chi connectivity index (χ2n) is 4.56. The number of nitrogens with two attached hydrogens (primary N) is 1. The van der Waals surface area contributed by atoms with Gasteiger partial charge < -0.3 is 10.5 Å². The van der Waals surface area contributed by atoms with Crippen LogP contribution in [-0.2, 0) is 22.0 Å². The van der Waals surface area contributed by atoms with Crippen molar-refractivity contribution in [3.8, 4) is 0 Å². The summed E-state index contributed by atoms with van der Waals surface area (Å²) in [4.78, 5) is 11.5. The summed E-state index contributed by atoms with van der Waals surface area (Å²) < 4.78 is 6.39. The Morgan fingerprint density at radius 1 is 1.62 bits per heavy atom. The van der Waals surface area contributed by atoms with Crippen LogP contribution < -0.4 is 5.73 Å². The van der Waals surface area contributed by atoms with Crippen LogP contribution in [0.15, 0.2) is 6.20 Å². The lowest BCUT2D eigenvalue weighted by Gasteiger charge is -2.28. The number of esters is 1. The van der Waals surface area contributed by atoms with Crippen LogP contribution in [0.1, 0.15) is 25.1 Å². The molecular formula is C11H19N3O2. The Kier molecular flexibility index (Phi) is 3.38. The Bertz CT molecular complexity index is 396. The molecule has 1 heterocycles. The van der Waals surface area contributed by atoms with E-state index in [2.05, 4.69) is 9.84 Å². The monoisotopic (exact) mass is 225 g/mol. The molecule has 0 fully saturated rings. The predicted molar refractivity (Wildman–Crippen MR) is 61.0 cm³/mol. The first-order valence-electron chi connectivity index (χ1n) is 5.14. The van der Waals surface area contributed by atoms with Gasteiger partial charge in [0, 0.05) is 18.7 Å². The third kappa shape index (κ3) is 2.09. The van der Waals surface area contributed by atoms with Crippen LogP contribution >= 0.6 is 0 Å². The Hall–Kier alpha value is -1.36. The lowest BCUT2D eigenvalue weighted by atomic mass is 9.80. The summed E-state index contributed by atoms with van der Waals surface area (Å²) in [6.45, 7) is 5.74. The van der Waals surface area contributed by atoms with Crippen LogP contribution in [0.2, 0.25) is 0 Å². The van der Waals surface area contributed by atoms with Gasteiger partial charge in [0.15, 0.2) is 0 Å². The van der Waals surface area contributed by atoms with Gasteiger partial charge in [0.2, 0.25) is 0 Å². The van der Waals surface area contributed by atoms with Crippen LogP contribution in [0.4, 0.5) is 0 Å². The van der Waals surface area contributed by atoms with Gasteiger partial charge in [-0.05, 0) is 12.5 Å². The Morgan fingerprint density at radius 3 is 2.56 bits per heavy atom. The van der Waals surface area contributed by atoms with Crippen molar-refractivity contribution in [2.75, 3.05) is 7.11 Å². The number of nitrogens with zero attached hydrogens (tertiary/aromatic N) is 2. The molecule has 1 rings (SSSR count). The molecule has 0 aliphatic rings. The highest BCUT2D eigenvalue weighted by atomic mass is 16.5. The van der Waals surface area contributed by atoms with Gasteiger partial charge in [-0.15, -0.1) is 0 Å². The fourth-order valence-corrected chi connectivity index (χ4v) is 1.81. The summed E-state index contributed by atoms with van der Waals surface area (Å²) in [6.07, 6.45) is 1.90. The number of aromatic nitrogens is 2. The highest BCUT2D eigenvalue weighted by Crippen LogP contribution is 2.27. The lowest BCUT2D eigenvalue weighted by molar-refractivity contribution is -0.143. The Balaban J connectivity index is 3.10. The maximum atomic E-state index is 11.5. The van der Waals surface area contributed by atoms with Gasteiger partial charge >= 0.3 is 5.97 Å². The molecule has 5 nitrogen and oxygen atoms in total. The zero-order chi connectivity index (χ0) is 12.5. The van der Waals surface area contributed by atoms with E-state index in [0.29, 0.717) is 0 Å². The van der Waals surface area contributed by atoms with E-state index < -0.39 is 17.4 Å². The lowest BCUT2D eigenvalue weighted by Crippen LogP contribution is -2.48. The molecule has 1 atom stereocenters. The molecule has 16 heavy (non-hydrogen) atoms. The van der Waals surface area contributed by atoms with Crippen molar-refractivity contribution in [2.24, 2.45) is 12.8 Å². The maximum Gasteiger partial charge on any atom is 0.323 e. The van der Waals surface area contributed by atoms with Crippen molar-refractivity contribution in [1.82, 2.24) is 9.78 Å². The van der Waals surface area contributed by atoms with Gasteiger partial charge in [0.25, 0.3) is 0 Å². The Morgan fingerprint density at radius 2 is 2.19 bits per heavy atom. The minimum absolute atomic E-state index is 0.421. The molecule has 1 aromatic heterocycles. The van der Waals surface area contributed by atoms with Gasteiger partial charge in [-0.3, -0.25) is 9.48 Å².